The molecular weight excluding hydrogens is 262 g/mol. The molecule has 3 rings (SSSR count). The first-order valence-corrected chi connectivity index (χ1v) is 7.48. The van der Waals surface area contributed by atoms with Crippen molar-refractivity contribution in [2.45, 2.75) is 45.2 Å². The van der Waals surface area contributed by atoms with Crippen molar-refractivity contribution < 1.29 is 9.90 Å². The molecular formula is C13H17N3O2S. The number of aromatic carboxylic acids is 1. The van der Waals surface area contributed by atoms with Gasteiger partial charge in [-0.2, -0.15) is 0 Å². The van der Waals surface area contributed by atoms with Crippen molar-refractivity contribution >= 4 is 28.1 Å². The molecule has 0 spiro atoms. The Morgan fingerprint density at radius 2 is 2.37 bits per heavy atom. The fourth-order valence-electron chi connectivity index (χ4n) is 3.01. The summed E-state index contributed by atoms with van der Waals surface area (Å²) in [5, 5.41) is 11.4. The van der Waals surface area contributed by atoms with E-state index in [-0.39, 0.29) is 0 Å². The van der Waals surface area contributed by atoms with Crippen LogP contribution in [0.4, 0.5) is 5.82 Å². The second kappa shape index (κ2) is 4.52. The van der Waals surface area contributed by atoms with E-state index in [1.165, 1.54) is 11.3 Å². The number of aromatic nitrogens is 2. The molecule has 0 aromatic carbocycles. The Morgan fingerprint density at radius 3 is 3.05 bits per heavy atom. The fourth-order valence-corrected chi connectivity index (χ4v) is 3.72. The molecule has 1 aliphatic rings. The van der Waals surface area contributed by atoms with Crippen molar-refractivity contribution in [3.63, 3.8) is 0 Å². The van der Waals surface area contributed by atoms with Gasteiger partial charge in [0.05, 0.1) is 0 Å². The van der Waals surface area contributed by atoms with Crippen molar-refractivity contribution in [2.24, 2.45) is 0 Å². The van der Waals surface area contributed by atoms with Crippen molar-refractivity contribution in [1.29, 1.82) is 0 Å². The SMILES string of the molecule is CCC1CCC(C)N1c1nc2sccn2c1C(=O)O. The van der Waals surface area contributed by atoms with Crippen molar-refractivity contribution in [1.82, 2.24) is 9.38 Å². The topological polar surface area (TPSA) is 57.8 Å². The molecule has 0 aliphatic carbocycles. The molecule has 1 N–H and O–H groups in total. The fraction of sp³-hybridized carbons (Fsp3) is 0.538. The van der Waals surface area contributed by atoms with Gasteiger partial charge in [-0.1, -0.05) is 6.92 Å². The first-order valence-electron chi connectivity index (χ1n) is 6.60. The normalized spacial score (nSPS) is 23.4. The highest BCUT2D eigenvalue weighted by Gasteiger charge is 2.35. The number of fused-ring (bicyclic) bond motifs is 1. The van der Waals surface area contributed by atoms with E-state index in [1.54, 1.807) is 10.6 Å². The standard InChI is InChI=1S/C13H17N3O2S/c1-3-9-5-4-8(2)16(9)11-10(12(17)18)15-6-7-19-13(15)14-11/h6-9H,3-5H2,1-2H3,(H,17,18). The second-order valence-electron chi connectivity index (χ2n) is 5.04. The van der Waals surface area contributed by atoms with Gasteiger partial charge in [0, 0.05) is 23.7 Å². The maximum Gasteiger partial charge on any atom is 0.356 e. The number of thiazole rings is 1. The maximum atomic E-state index is 11.6. The van der Waals surface area contributed by atoms with Gasteiger partial charge in [0.2, 0.25) is 0 Å². The highest BCUT2D eigenvalue weighted by atomic mass is 32.1. The van der Waals surface area contributed by atoms with E-state index < -0.39 is 5.97 Å². The Kier molecular flexibility index (Phi) is 2.97. The quantitative estimate of drug-likeness (QED) is 0.938. The summed E-state index contributed by atoms with van der Waals surface area (Å²) in [5.41, 5.74) is 0.295. The summed E-state index contributed by atoms with van der Waals surface area (Å²) >= 11 is 1.47. The minimum Gasteiger partial charge on any atom is -0.476 e. The second-order valence-corrected chi connectivity index (χ2v) is 5.91. The first-order chi connectivity index (χ1) is 9.13. The lowest BCUT2D eigenvalue weighted by Gasteiger charge is -2.28. The van der Waals surface area contributed by atoms with E-state index in [9.17, 15) is 9.90 Å². The number of hydrogen-bond donors (Lipinski definition) is 1. The van der Waals surface area contributed by atoms with Gasteiger partial charge in [0.1, 0.15) is 0 Å². The van der Waals surface area contributed by atoms with Gasteiger partial charge in [-0.15, -0.1) is 11.3 Å². The molecule has 1 saturated heterocycles. The molecule has 1 fully saturated rings. The number of carboxylic acid groups (broad SMARTS) is 1. The maximum absolute atomic E-state index is 11.6. The van der Waals surface area contributed by atoms with Crippen LogP contribution in [0.15, 0.2) is 11.6 Å². The summed E-state index contributed by atoms with van der Waals surface area (Å²) in [7, 11) is 0. The molecule has 1 aliphatic heterocycles. The third-order valence-electron chi connectivity index (χ3n) is 3.95. The van der Waals surface area contributed by atoms with Gasteiger partial charge in [0.25, 0.3) is 0 Å². The lowest BCUT2D eigenvalue weighted by Crippen LogP contribution is -2.35. The van der Waals surface area contributed by atoms with Crippen LogP contribution in [0.25, 0.3) is 4.96 Å². The van der Waals surface area contributed by atoms with E-state index in [0.29, 0.717) is 23.6 Å². The van der Waals surface area contributed by atoms with Gasteiger partial charge >= 0.3 is 5.97 Å². The van der Waals surface area contributed by atoms with E-state index in [1.807, 2.05) is 5.38 Å². The van der Waals surface area contributed by atoms with Crippen LogP contribution in [0, 0.1) is 0 Å². The Hall–Kier alpha value is -1.56. The number of nitrogens with zero attached hydrogens (tertiary/aromatic N) is 3. The Bertz CT molecular complexity index is 618. The van der Waals surface area contributed by atoms with Gasteiger partial charge in [-0.25, -0.2) is 9.78 Å². The third-order valence-corrected chi connectivity index (χ3v) is 4.70. The largest absolute Gasteiger partial charge is 0.476 e. The zero-order valence-corrected chi connectivity index (χ0v) is 11.9. The lowest BCUT2D eigenvalue weighted by molar-refractivity contribution is 0.0690. The zero-order chi connectivity index (χ0) is 13.6. The number of rotatable bonds is 3. The van der Waals surface area contributed by atoms with Crippen LogP contribution in [0.1, 0.15) is 43.6 Å². The molecule has 2 aromatic rings. The molecule has 3 heterocycles. The Balaban J connectivity index is 2.15. The Labute approximate surface area is 115 Å². The van der Waals surface area contributed by atoms with Crippen LogP contribution in [-0.4, -0.2) is 32.5 Å². The molecule has 19 heavy (non-hydrogen) atoms. The number of carboxylic acids is 1. The molecule has 6 heteroatoms. The molecule has 5 nitrogen and oxygen atoms in total. The van der Waals surface area contributed by atoms with E-state index in [0.717, 1.165) is 24.2 Å². The molecule has 0 radical (unpaired) electrons. The smallest absolute Gasteiger partial charge is 0.356 e. The van der Waals surface area contributed by atoms with Crippen molar-refractivity contribution in [3.05, 3.63) is 17.3 Å². The zero-order valence-electron chi connectivity index (χ0n) is 11.0. The molecule has 0 saturated carbocycles. The van der Waals surface area contributed by atoms with Crippen LogP contribution in [-0.2, 0) is 0 Å². The van der Waals surface area contributed by atoms with Gasteiger partial charge in [-0.3, -0.25) is 4.40 Å². The predicted octanol–water partition coefficient (Wildman–Crippen LogP) is 2.86. The average molecular weight is 279 g/mol. The molecule has 0 bridgehead atoms. The molecule has 0 amide bonds. The summed E-state index contributed by atoms with van der Waals surface area (Å²) in [5.74, 6) is -0.272. The average Bonchev–Trinajstić information content (AvgIpc) is 3.00. The minimum absolute atomic E-state index is 0.295. The van der Waals surface area contributed by atoms with Crippen LogP contribution in [0.5, 0.6) is 0 Å². The predicted molar refractivity (Wildman–Crippen MR) is 75.3 cm³/mol. The summed E-state index contributed by atoms with van der Waals surface area (Å²) in [4.78, 5) is 19.1. The third kappa shape index (κ3) is 1.82. The van der Waals surface area contributed by atoms with Gasteiger partial charge in [0.15, 0.2) is 16.5 Å². The molecule has 102 valence electrons. The summed E-state index contributed by atoms with van der Waals surface area (Å²) in [6.07, 6.45) is 5.01. The summed E-state index contributed by atoms with van der Waals surface area (Å²) < 4.78 is 1.68. The number of hydrogen-bond acceptors (Lipinski definition) is 4. The molecule has 2 aromatic heterocycles. The van der Waals surface area contributed by atoms with Crippen molar-refractivity contribution in [2.75, 3.05) is 4.90 Å². The van der Waals surface area contributed by atoms with Crippen molar-refractivity contribution in [3.8, 4) is 0 Å². The van der Waals surface area contributed by atoms with Crippen LogP contribution in [0.3, 0.4) is 0 Å². The lowest BCUT2D eigenvalue weighted by atomic mass is 10.1. The Morgan fingerprint density at radius 1 is 1.58 bits per heavy atom. The number of carbonyl (C=O) groups is 1. The van der Waals surface area contributed by atoms with E-state index in [4.69, 9.17) is 0 Å². The van der Waals surface area contributed by atoms with Gasteiger partial charge in [-0.05, 0) is 26.2 Å². The highest BCUT2D eigenvalue weighted by Crippen LogP contribution is 2.34. The molecule has 2 atom stereocenters. The van der Waals surface area contributed by atoms with Crippen LogP contribution >= 0.6 is 11.3 Å². The van der Waals surface area contributed by atoms with E-state index in [2.05, 4.69) is 23.7 Å². The summed E-state index contributed by atoms with van der Waals surface area (Å²) in [6.45, 7) is 4.29. The van der Waals surface area contributed by atoms with Gasteiger partial charge < -0.3 is 10.0 Å². The highest BCUT2D eigenvalue weighted by molar-refractivity contribution is 7.15. The number of anilines is 1. The van der Waals surface area contributed by atoms with Crippen LogP contribution < -0.4 is 4.90 Å². The monoisotopic (exact) mass is 279 g/mol. The number of imidazole rings is 1. The first kappa shape index (κ1) is 12.5. The minimum atomic E-state index is -0.908. The van der Waals surface area contributed by atoms with E-state index >= 15 is 0 Å². The summed E-state index contributed by atoms with van der Waals surface area (Å²) in [6, 6.07) is 0.755. The molecule has 2 unspecified atom stereocenters. The van der Waals surface area contributed by atoms with Crippen LogP contribution in [0.2, 0.25) is 0 Å².